The average molecular weight is 1870 g/mol. The summed E-state index contributed by atoms with van der Waals surface area (Å²) in [7, 11) is 0. The Balaban J connectivity index is 0.0000000923. The van der Waals surface area contributed by atoms with Gasteiger partial charge in [-0.25, -0.2) is 9.13 Å². The van der Waals surface area contributed by atoms with Crippen molar-refractivity contribution in [3.63, 3.8) is 0 Å². The van der Waals surface area contributed by atoms with Gasteiger partial charge in [0.05, 0.1) is 22.1 Å². The first-order chi connectivity index (χ1) is 56.1. The van der Waals surface area contributed by atoms with E-state index in [1.54, 1.807) is 21.8 Å². The molecule has 0 unspecified atom stereocenters. The maximum Gasteiger partial charge on any atom is 0.295 e. The molecule has 0 bridgehead atoms. The molecule has 16 heterocycles. The zero-order chi connectivity index (χ0) is 77.5. The molecule has 0 saturated carbocycles. The Morgan fingerprint density at radius 3 is 1.62 bits per heavy atom. The fourth-order valence-electron chi connectivity index (χ4n) is 20.5. The molecule has 0 spiro atoms. The molecule has 21 aromatic rings. The van der Waals surface area contributed by atoms with Crippen molar-refractivity contribution < 1.29 is 49.0 Å². The Bertz CT molecular complexity index is 7540. The molecule has 576 valence electrons. The van der Waals surface area contributed by atoms with Crippen molar-refractivity contribution in [2.75, 3.05) is 0 Å². The van der Waals surface area contributed by atoms with Crippen LogP contribution >= 0.6 is 0 Å². The zero-order valence-corrected chi connectivity index (χ0v) is 71.6. The van der Waals surface area contributed by atoms with Crippen LogP contribution in [-0.4, -0.2) is 47.5 Å². The molecule has 6 aliphatic heterocycles. The number of pyridine rings is 4. The molecule has 14 heteroatoms. The van der Waals surface area contributed by atoms with Gasteiger partial charge in [0.2, 0.25) is 0 Å². The molecule has 0 saturated heterocycles. The van der Waals surface area contributed by atoms with Crippen LogP contribution in [0.4, 0.5) is 0 Å². The molecule has 6 aliphatic rings. The summed E-state index contributed by atoms with van der Waals surface area (Å²) in [5.41, 5.74) is 33.9. The molecule has 2 radical (unpaired) electrons. The van der Waals surface area contributed by atoms with Crippen molar-refractivity contribution in [1.29, 1.82) is 0 Å². The van der Waals surface area contributed by atoms with Crippen molar-refractivity contribution in [2.24, 2.45) is 0 Å². The van der Waals surface area contributed by atoms with Crippen LogP contribution in [-0.2, 0) is 102 Å². The summed E-state index contributed by atoms with van der Waals surface area (Å²) in [6.45, 7) is 23.0. The van der Waals surface area contributed by atoms with E-state index in [-0.39, 0.29) is 56.5 Å². The van der Waals surface area contributed by atoms with Crippen molar-refractivity contribution >= 4 is 109 Å². The van der Waals surface area contributed by atoms with E-state index in [2.05, 4.69) is 281 Å². The fourth-order valence-corrected chi connectivity index (χ4v) is 20.5. The summed E-state index contributed by atoms with van der Waals surface area (Å²) in [6.07, 6.45) is 16.9. The van der Waals surface area contributed by atoms with E-state index in [1.165, 1.54) is 184 Å². The number of hydrogen-bond acceptors (Lipinski definition) is 4. The first-order valence-corrected chi connectivity index (χ1v) is 40.4. The van der Waals surface area contributed by atoms with Gasteiger partial charge in [0.15, 0.2) is 11.4 Å². The van der Waals surface area contributed by atoms with Gasteiger partial charge in [0.1, 0.15) is 35.5 Å². The van der Waals surface area contributed by atoms with Gasteiger partial charge in [-0.3, -0.25) is 19.3 Å². The Hall–Kier alpha value is -12.0. The third-order valence-corrected chi connectivity index (χ3v) is 25.7. The quantitative estimate of drug-likeness (QED) is 0.100. The Morgan fingerprint density at radius 1 is 0.393 bits per heavy atom. The molecule has 12 nitrogen and oxygen atoms in total. The van der Waals surface area contributed by atoms with E-state index >= 15 is 0 Å². The second-order valence-electron chi connectivity index (χ2n) is 34.0. The van der Waals surface area contributed by atoms with Gasteiger partial charge in [0.25, 0.3) is 11.3 Å². The van der Waals surface area contributed by atoms with Crippen LogP contribution in [0.25, 0.3) is 132 Å². The van der Waals surface area contributed by atoms with E-state index in [1.807, 2.05) is 91.4 Å². The Kier molecular flexibility index (Phi) is 17.6. The Labute approximate surface area is 705 Å². The monoisotopic (exact) mass is 1870 g/mol. The number of aromatic nitrogens is 12. The van der Waals surface area contributed by atoms with Crippen LogP contribution in [0.15, 0.2) is 262 Å². The van der Waals surface area contributed by atoms with Crippen LogP contribution in [0.3, 0.4) is 0 Å². The molecule has 10 aromatic heterocycles. The topological polar surface area (TPSA) is 88.3 Å². The first kappa shape index (κ1) is 73.8. The maximum absolute atomic E-state index is 4.80. The van der Waals surface area contributed by atoms with Gasteiger partial charge in [-0.1, -0.05) is 180 Å². The van der Waals surface area contributed by atoms with E-state index < -0.39 is 0 Å². The van der Waals surface area contributed by atoms with Crippen molar-refractivity contribution in [2.45, 2.75) is 124 Å². The number of imidazole rings is 4. The predicted molar refractivity (Wildman–Crippen MR) is 464 cm³/mol. The number of fused-ring (bicyclic) bond motifs is 8. The summed E-state index contributed by atoms with van der Waals surface area (Å²) in [5, 5.41) is 24.1. The van der Waals surface area contributed by atoms with E-state index in [4.69, 9.17) is 9.97 Å². The first-order valence-electron chi connectivity index (χ1n) is 40.4. The zero-order valence-electron chi connectivity index (χ0n) is 66.8. The third kappa shape index (κ3) is 11.3. The van der Waals surface area contributed by atoms with Crippen molar-refractivity contribution in [1.82, 2.24) is 47.5 Å². The molecule has 27 rings (SSSR count). The van der Waals surface area contributed by atoms with Gasteiger partial charge in [-0.15, -0.1) is 71.4 Å². The minimum absolute atomic E-state index is 0. The van der Waals surface area contributed by atoms with E-state index in [9.17, 15) is 0 Å². The number of nitrogens with zero attached hydrogens (tertiary/aromatic N) is 12. The normalized spacial score (nSPS) is 14.5. The summed E-state index contributed by atoms with van der Waals surface area (Å²) in [6, 6.07) is 91.9. The smallest absolute Gasteiger partial charge is 0.295 e. The third-order valence-electron chi connectivity index (χ3n) is 25.7. The molecule has 117 heavy (non-hydrogen) atoms. The second-order valence-corrected chi connectivity index (χ2v) is 34.0. The maximum atomic E-state index is 4.80. The summed E-state index contributed by atoms with van der Waals surface area (Å²) in [4.78, 5) is 9.53. The van der Waals surface area contributed by atoms with Gasteiger partial charge in [-0.05, 0) is 93.7 Å². The number of aryl methyl sites for hydroxylation is 3. The molecule has 0 atom stereocenters. The van der Waals surface area contributed by atoms with Crippen LogP contribution in [0, 0.1) is 45.0 Å². The van der Waals surface area contributed by atoms with Crippen LogP contribution in [0.1, 0.15) is 115 Å². The molecule has 11 aromatic carbocycles. The standard InChI is InChI=1S/C25H19N2.C22H21N2.2C19H15N2.2C9H7N2.2Ir/c1-25(2)14-17-15-26-24-20-11-7-6-10-19(20)22-18(16-8-4-3-5-9-16)12-13-21(25)23(22)27(17)24;1-12-8-9-16-20-18(12)15-7-5-6-14-11-23-13(2)17(10-22(16,3)4)24(20)21(23)19(14)15;1-11-16-9-8-12-4-2-7-15-14-6-3-5-13-10-20(11)19(17(13)14)21(16)18(12)15;1-19(2)10-12-6-5-9-14-13-7-3-4-8-15(13)18-20-11-16(19)21(18)17(12)14;2*1-2-5-9(6-3-1)11-8-4-7-10-11;;/h3-10,12-13,15H,14H2,1-2H3;5-9H,10-11H2,1-4H3;2-7H,8-10H2,1H3;3-7,9,11H,10H2,1-2H3;2*1-5,7-8H;;/q-1;2*+1;3*-1;;. The minimum atomic E-state index is 0. The average Bonchev–Trinajstić information content (AvgIpc) is 1.47. The molecule has 0 amide bonds. The Morgan fingerprint density at radius 2 is 0.949 bits per heavy atom. The number of benzene rings is 11. The SMILES string of the molecule is CC1(C)Cc2cccc3c4ccc[c-]c4c4ncc1n4c23.CC1(C)Cc2cnc3c4[c-]cccc4c4c(-c5ccccc5)ccc1c4n23.Cc1c2[n+]3c4c(cccc4c4cccc5c4c3n1C5)CC2.Cc1ccc2c3c1c1cccc4c1c1n(c(C)c([n+]31)CC2(C)C)C4.[Ir].[Ir].[c-]1ccccc1-n1cccn1.[c-]1ccccc1-n1cccn1. The van der Waals surface area contributed by atoms with Gasteiger partial charge >= 0.3 is 0 Å². The summed E-state index contributed by atoms with van der Waals surface area (Å²) < 4.78 is 18.5. The molecular weight excluding hydrogens is 1790 g/mol. The summed E-state index contributed by atoms with van der Waals surface area (Å²) in [5.74, 6) is 0. The van der Waals surface area contributed by atoms with Gasteiger partial charge in [-0.2, -0.15) is 67.5 Å². The predicted octanol–water partition coefficient (Wildman–Crippen LogP) is 21.2. The largest absolute Gasteiger partial charge is 0.337 e. The molecular formula is C103H84Ir2N12-2. The number of hydrogen-bond donors (Lipinski definition) is 0. The summed E-state index contributed by atoms with van der Waals surface area (Å²) >= 11 is 0. The van der Waals surface area contributed by atoms with Crippen molar-refractivity contribution in [3.05, 3.63) is 359 Å². The van der Waals surface area contributed by atoms with Crippen LogP contribution in [0.2, 0.25) is 0 Å². The van der Waals surface area contributed by atoms with E-state index in [0.29, 0.717) is 0 Å². The van der Waals surface area contributed by atoms with E-state index in [0.717, 1.165) is 65.8 Å². The van der Waals surface area contributed by atoms with Crippen molar-refractivity contribution in [3.8, 4) is 22.5 Å². The van der Waals surface area contributed by atoms with Gasteiger partial charge in [0, 0.05) is 181 Å². The fraction of sp³-hybridized carbons (Fsp3) is 0.184. The van der Waals surface area contributed by atoms with Gasteiger partial charge < -0.3 is 8.80 Å². The second kappa shape index (κ2) is 27.9. The van der Waals surface area contributed by atoms with Crippen LogP contribution in [0.5, 0.6) is 0 Å². The number of para-hydroxylation sites is 4. The van der Waals surface area contributed by atoms with Crippen LogP contribution < -0.4 is 8.80 Å². The molecule has 0 fully saturated rings. The molecule has 0 N–H and O–H groups in total. The minimum Gasteiger partial charge on any atom is -0.337 e. The molecule has 0 aliphatic carbocycles. The number of rotatable bonds is 3.